The van der Waals surface area contributed by atoms with Gasteiger partial charge in [-0.3, -0.25) is 4.79 Å². The van der Waals surface area contributed by atoms with Gasteiger partial charge < -0.3 is 20.8 Å². The lowest BCUT2D eigenvalue weighted by atomic mass is 10.1. The number of aromatic hydroxyl groups is 1. The van der Waals surface area contributed by atoms with Gasteiger partial charge in [-0.1, -0.05) is 18.2 Å². The van der Waals surface area contributed by atoms with Crippen LogP contribution >= 0.6 is 0 Å². The van der Waals surface area contributed by atoms with Crippen LogP contribution in [0.1, 0.15) is 15.9 Å². The molecule has 5 nitrogen and oxygen atoms in total. The largest absolute Gasteiger partial charge is 0.508 e. The fourth-order valence-electron chi connectivity index (χ4n) is 1.91. The number of hydrogen-bond donors (Lipinski definition) is 4. The van der Waals surface area contributed by atoms with Crippen molar-refractivity contribution in [3.63, 3.8) is 0 Å². The van der Waals surface area contributed by atoms with Gasteiger partial charge in [-0.15, -0.1) is 0 Å². The molecule has 0 unspecified atom stereocenters. The molecule has 2 aromatic rings. The van der Waals surface area contributed by atoms with Gasteiger partial charge in [0.25, 0.3) is 5.91 Å². The lowest BCUT2D eigenvalue weighted by Crippen LogP contribution is -2.26. The Bertz CT molecular complexity index is 614. The molecule has 0 atom stereocenters. The van der Waals surface area contributed by atoms with Crippen molar-refractivity contribution in [3.8, 4) is 5.75 Å². The third-order valence-corrected chi connectivity index (χ3v) is 2.93. The van der Waals surface area contributed by atoms with E-state index in [0.717, 1.165) is 11.3 Å². The fourth-order valence-corrected chi connectivity index (χ4v) is 1.91. The highest BCUT2D eigenvalue weighted by Crippen LogP contribution is 2.15. The normalized spacial score (nSPS) is 10.1. The van der Waals surface area contributed by atoms with Crippen molar-refractivity contribution in [2.24, 2.45) is 0 Å². The molecular weight excluding hydrogens is 268 g/mol. The monoisotopic (exact) mass is 286 g/mol. The maximum atomic E-state index is 11.8. The molecule has 0 fully saturated rings. The Morgan fingerprint density at radius 1 is 1.10 bits per heavy atom. The number of anilines is 1. The number of aliphatic hydroxyl groups is 1. The highest BCUT2D eigenvalue weighted by molar-refractivity contribution is 5.95. The summed E-state index contributed by atoms with van der Waals surface area (Å²) in [5.41, 5.74) is 2.30. The molecule has 0 saturated carbocycles. The molecule has 0 saturated heterocycles. The van der Waals surface area contributed by atoms with Crippen LogP contribution in [0.4, 0.5) is 5.69 Å². The van der Waals surface area contributed by atoms with Crippen LogP contribution in [0.2, 0.25) is 0 Å². The van der Waals surface area contributed by atoms with Crippen LogP contribution in [0.3, 0.4) is 0 Å². The summed E-state index contributed by atoms with van der Waals surface area (Å²) in [5, 5.41) is 23.9. The van der Waals surface area contributed by atoms with Crippen molar-refractivity contribution < 1.29 is 15.0 Å². The summed E-state index contributed by atoms with van der Waals surface area (Å²) in [6.07, 6.45) is 0. The molecule has 0 bridgehead atoms. The molecule has 2 aromatic carbocycles. The van der Waals surface area contributed by atoms with Crippen molar-refractivity contribution in [1.82, 2.24) is 5.32 Å². The average molecular weight is 286 g/mol. The number of aliphatic hydroxyl groups excluding tert-OH is 1. The van der Waals surface area contributed by atoms with Crippen molar-refractivity contribution in [2.45, 2.75) is 6.54 Å². The van der Waals surface area contributed by atoms with Crippen molar-refractivity contribution in [3.05, 3.63) is 59.7 Å². The van der Waals surface area contributed by atoms with Crippen LogP contribution in [-0.2, 0) is 6.54 Å². The van der Waals surface area contributed by atoms with E-state index >= 15 is 0 Å². The van der Waals surface area contributed by atoms with Gasteiger partial charge in [0.15, 0.2) is 0 Å². The lowest BCUT2D eigenvalue weighted by molar-refractivity contribution is 0.0945. The molecular formula is C16H18N2O3. The second-order valence-corrected chi connectivity index (χ2v) is 4.58. The van der Waals surface area contributed by atoms with E-state index in [-0.39, 0.29) is 24.8 Å². The number of phenolic OH excluding ortho intramolecular Hbond substituents is 1. The number of phenols is 1. The molecule has 0 spiro atoms. The van der Waals surface area contributed by atoms with Crippen LogP contribution in [0.15, 0.2) is 48.5 Å². The number of hydrogen-bond acceptors (Lipinski definition) is 4. The second kappa shape index (κ2) is 7.31. The maximum Gasteiger partial charge on any atom is 0.251 e. The zero-order valence-electron chi connectivity index (χ0n) is 11.5. The summed E-state index contributed by atoms with van der Waals surface area (Å²) < 4.78 is 0. The highest BCUT2D eigenvalue weighted by Gasteiger charge is 2.05. The first kappa shape index (κ1) is 14.9. The Balaban J connectivity index is 1.99. The van der Waals surface area contributed by atoms with Gasteiger partial charge in [-0.25, -0.2) is 0 Å². The first-order valence-corrected chi connectivity index (χ1v) is 6.70. The number of rotatable bonds is 6. The minimum Gasteiger partial charge on any atom is -0.508 e. The Kier molecular flexibility index (Phi) is 5.17. The first-order valence-electron chi connectivity index (χ1n) is 6.70. The predicted molar refractivity (Wildman–Crippen MR) is 81.3 cm³/mol. The predicted octanol–water partition coefficient (Wildman–Crippen LogP) is 1.73. The topological polar surface area (TPSA) is 81.6 Å². The van der Waals surface area contributed by atoms with Crippen LogP contribution in [-0.4, -0.2) is 29.3 Å². The van der Waals surface area contributed by atoms with Crippen molar-refractivity contribution in [2.75, 3.05) is 18.5 Å². The number of carbonyl (C=O) groups excluding carboxylic acids is 1. The van der Waals surface area contributed by atoms with Gasteiger partial charge in [0.2, 0.25) is 0 Å². The zero-order valence-corrected chi connectivity index (χ0v) is 11.5. The van der Waals surface area contributed by atoms with Gasteiger partial charge >= 0.3 is 0 Å². The summed E-state index contributed by atoms with van der Waals surface area (Å²) in [6.45, 7) is 0.705. The van der Waals surface area contributed by atoms with E-state index in [4.69, 9.17) is 5.11 Å². The minimum absolute atomic E-state index is 0.0822. The molecule has 110 valence electrons. The van der Waals surface area contributed by atoms with E-state index in [1.54, 1.807) is 36.4 Å². The van der Waals surface area contributed by atoms with Gasteiger partial charge in [-0.05, 0) is 35.9 Å². The van der Waals surface area contributed by atoms with Crippen LogP contribution in [0, 0.1) is 0 Å². The van der Waals surface area contributed by atoms with Crippen LogP contribution in [0.5, 0.6) is 5.75 Å². The highest BCUT2D eigenvalue weighted by atomic mass is 16.3. The molecule has 4 N–H and O–H groups in total. The third-order valence-electron chi connectivity index (χ3n) is 2.93. The smallest absolute Gasteiger partial charge is 0.251 e. The number of benzene rings is 2. The standard InChI is InChI=1S/C16H18N2O3/c19-8-7-17-16(21)13-4-2-5-14(10-13)18-11-12-3-1-6-15(20)9-12/h1-6,9-10,18-20H,7-8,11H2,(H,17,21). The van der Waals surface area contributed by atoms with Gasteiger partial charge in [0.05, 0.1) is 6.61 Å². The molecule has 2 rings (SSSR count). The second-order valence-electron chi connectivity index (χ2n) is 4.58. The number of carbonyl (C=O) groups is 1. The summed E-state index contributed by atoms with van der Waals surface area (Å²) in [4.78, 5) is 11.8. The molecule has 0 aliphatic carbocycles. The molecule has 5 heteroatoms. The van der Waals surface area contributed by atoms with E-state index in [1.165, 1.54) is 0 Å². The summed E-state index contributed by atoms with van der Waals surface area (Å²) in [7, 11) is 0. The Morgan fingerprint density at radius 3 is 2.67 bits per heavy atom. The average Bonchev–Trinajstić information content (AvgIpc) is 2.51. The Hall–Kier alpha value is -2.53. The van der Waals surface area contributed by atoms with Gasteiger partial charge in [0, 0.05) is 24.3 Å². The van der Waals surface area contributed by atoms with E-state index < -0.39 is 0 Å². The number of nitrogens with one attached hydrogen (secondary N) is 2. The van der Waals surface area contributed by atoms with E-state index in [9.17, 15) is 9.90 Å². The van der Waals surface area contributed by atoms with Gasteiger partial charge in [-0.2, -0.15) is 0 Å². The molecule has 0 aromatic heterocycles. The minimum atomic E-state index is -0.218. The van der Waals surface area contributed by atoms with Crippen molar-refractivity contribution >= 4 is 11.6 Å². The molecule has 0 radical (unpaired) electrons. The number of amides is 1. The maximum absolute atomic E-state index is 11.8. The Morgan fingerprint density at radius 2 is 1.90 bits per heavy atom. The van der Waals surface area contributed by atoms with Crippen LogP contribution < -0.4 is 10.6 Å². The first-order chi connectivity index (χ1) is 10.2. The quantitative estimate of drug-likeness (QED) is 0.652. The Labute approximate surface area is 123 Å². The van der Waals surface area contributed by atoms with E-state index in [2.05, 4.69) is 10.6 Å². The molecule has 0 heterocycles. The van der Waals surface area contributed by atoms with Crippen LogP contribution in [0.25, 0.3) is 0 Å². The SMILES string of the molecule is O=C(NCCO)c1cccc(NCc2cccc(O)c2)c1. The summed E-state index contributed by atoms with van der Waals surface area (Å²) in [5.74, 6) is 0.0106. The molecule has 0 aliphatic heterocycles. The molecule has 21 heavy (non-hydrogen) atoms. The summed E-state index contributed by atoms with van der Waals surface area (Å²) >= 11 is 0. The fraction of sp³-hybridized carbons (Fsp3) is 0.188. The lowest BCUT2D eigenvalue weighted by Gasteiger charge is -2.09. The zero-order chi connectivity index (χ0) is 15.1. The molecule has 1 amide bonds. The molecule has 0 aliphatic rings. The summed E-state index contributed by atoms with van der Waals surface area (Å²) in [6, 6.07) is 14.1. The van der Waals surface area contributed by atoms with E-state index in [1.807, 2.05) is 12.1 Å². The van der Waals surface area contributed by atoms with Gasteiger partial charge in [0.1, 0.15) is 5.75 Å². The van der Waals surface area contributed by atoms with E-state index in [0.29, 0.717) is 12.1 Å². The van der Waals surface area contributed by atoms with Crippen molar-refractivity contribution in [1.29, 1.82) is 0 Å². The third kappa shape index (κ3) is 4.50.